The molecule has 2 aromatic rings. The van der Waals surface area contributed by atoms with E-state index in [0.29, 0.717) is 25.1 Å². The Morgan fingerprint density at radius 1 is 0.960 bits per heavy atom. The zero-order chi connectivity index (χ0) is 18.1. The number of methoxy groups -OCH3 is 1. The molecule has 0 aromatic heterocycles. The maximum Gasteiger partial charge on any atom is 0.337 e. The summed E-state index contributed by atoms with van der Waals surface area (Å²) in [6.45, 7) is 3.02. The number of esters is 1. The minimum atomic E-state index is -0.374. The number of rotatable bonds is 8. The number of carbonyl (C=O) groups excluding carboxylic acids is 2. The van der Waals surface area contributed by atoms with Crippen LogP contribution in [0, 0.1) is 0 Å². The Bertz CT molecular complexity index is 696. The first kappa shape index (κ1) is 18.3. The van der Waals surface area contributed by atoms with Gasteiger partial charge in [0.05, 0.1) is 19.3 Å². The third-order valence-electron chi connectivity index (χ3n) is 3.44. The molecule has 6 nitrogen and oxygen atoms in total. The van der Waals surface area contributed by atoms with E-state index in [-0.39, 0.29) is 11.9 Å². The fourth-order valence-electron chi connectivity index (χ4n) is 2.19. The van der Waals surface area contributed by atoms with Gasteiger partial charge in [-0.3, -0.25) is 4.79 Å². The Morgan fingerprint density at radius 2 is 1.60 bits per heavy atom. The van der Waals surface area contributed by atoms with Crippen molar-refractivity contribution in [3.8, 4) is 5.75 Å². The average Bonchev–Trinajstić information content (AvgIpc) is 2.63. The zero-order valence-corrected chi connectivity index (χ0v) is 14.4. The molecule has 132 valence electrons. The van der Waals surface area contributed by atoms with Crippen molar-refractivity contribution < 1.29 is 19.1 Å². The van der Waals surface area contributed by atoms with Gasteiger partial charge in [-0.2, -0.15) is 0 Å². The lowest BCUT2D eigenvalue weighted by Gasteiger charge is -2.09. The van der Waals surface area contributed by atoms with Crippen LogP contribution in [-0.4, -0.2) is 32.1 Å². The normalized spacial score (nSPS) is 10.0. The maximum absolute atomic E-state index is 12.0. The van der Waals surface area contributed by atoms with Crippen molar-refractivity contribution in [1.82, 2.24) is 0 Å². The lowest BCUT2D eigenvalue weighted by Crippen LogP contribution is -2.16. The number of anilines is 2. The van der Waals surface area contributed by atoms with E-state index in [2.05, 4.69) is 15.4 Å². The molecule has 0 spiro atoms. The molecule has 25 heavy (non-hydrogen) atoms. The molecule has 0 bridgehead atoms. The van der Waals surface area contributed by atoms with Crippen LogP contribution in [0.1, 0.15) is 23.7 Å². The van der Waals surface area contributed by atoms with E-state index in [4.69, 9.17) is 4.74 Å². The van der Waals surface area contributed by atoms with Crippen LogP contribution in [0.4, 0.5) is 11.4 Å². The van der Waals surface area contributed by atoms with Crippen LogP contribution in [-0.2, 0) is 9.53 Å². The average molecular weight is 342 g/mol. The highest BCUT2D eigenvalue weighted by molar-refractivity contribution is 5.91. The molecule has 0 radical (unpaired) electrons. The van der Waals surface area contributed by atoms with Gasteiger partial charge in [-0.15, -0.1) is 0 Å². The van der Waals surface area contributed by atoms with Crippen LogP contribution in [0.2, 0.25) is 0 Å². The molecular formula is C19H22N2O4. The number of benzene rings is 2. The van der Waals surface area contributed by atoms with E-state index in [1.165, 1.54) is 7.11 Å². The summed E-state index contributed by atoms with van der Waals surface area (Å²) < 4.78 is 10.0. The number of ether oxygens (including phenoxy) is 2. The summed E-state index contributed by atoms with van der Waals surface area (Å²) >= 11 is 0. The molecule has 0 aliphatic rings. The second-order valence-corrected chi connectivity index (χ2v) is 5.25. The minimum absolute atomic E-state index is 0.0807. The van der Waals surface area contributed by atoms with E-state index in [1.54, 1.807) is 24.3 Å². The molecule has 0 unspecified atom stereocenters. The molecular weight excluding hydrogens is 320 g/mol. The molecule has 1 amide bonds. The first-order valence-corrected chi connectivity index (χ1v) is 8.07. The van der Waals surface area contributed by atoms with E-state index in [1.807, 2.05) is 31.2 Å². The number of carbonyl (C=O) groups is 2. The van der Waals surface area contributed by atoms with Crippen molar-refractivity contribution in [3.05, 3.63) is 54.1 Å². The predicted octanol–water partition coefficient (Wildman–Crippen LogP) is 3.31. The predicted molar refractivity (Wildman–Crippen MR) is 97.1 cm³/mol. The van der Waals surface area contributed by atoms with Gasteiger partial charge in [0.25, 0.3) is 0 Å². The van der Waals surface area contributed by atoms with Gasteiger partial charge in [0.2, 0.25) is 5.91 Å². The highest BCUT2D eigenvalue weighted by Crippen LogP contribution is 2.16. The monoisotopic (exact) mass is 342 g/mol. The highest BCUT2D eigenvalue weighted by atomic mass is 16.5. The molecule has 2 rings (SSSR count). The SMILES string of the molecule is CCOc1ccc(NC(=O)CCNc2ccc(C(=O)OC)cc2)cc1. The summed E-state index contributed by atoms with van der Waals surface area (Å²) in [4.78, 5) is 23.3. The topological polar surface area (TPSA) is 76.7 Å². The zero-order valence-electron chi connectivity index (χ0n) is 14.4. The largest absolute Gasteiger partial charge is 0.494 e. The third kappa shape index (κ3) is 5.84. The van der Waals surface area contributed by atoms with Crippen molar-refractivity contribution in [3.63, 3.8) is 0 Å². The summed E-state index contributed by atoms with van der Waals surface area (Å²) in [6, 6.07) is 14.2. The number of nitrogens with one attached hydrogen (secondary N) is 2. The van der Waals surface area contributed by atoms with Gasteiger partial charge in [-0.05, 0) is 55.5 Å². The highest BCUT2D eigenvalue weighted by Gasteiger charge is 2.05. The first-order valence-electron chi connectivity index (χ1n) is 8.07. The van der Waals surface area contributed by atoms with Gasteiger partial charge in [0.15, 0.2) is 0 Å². The van der Waals surface area contributed by atoms with Crippen LogP contribution in [0.5, 0.6) is 5.75 Å². The molecule has 0 atom stereocenters. The van der Waals surface area contributed by atoms with Gasteiger partial charge in [0, 0.05) is 24.3 Å². The summed E-state index contributed by atoms with van der Waals surface area (Å²) in [5, 5.41) is 5.97. The molecule has 0 aliphatic carbocycles. The van der Waals surface area contributed by atoms with Gasteiger partial charge in [-0.1, -0.05) is 0 Å². The van der Waals surface area contributed by atoms with Gasteiger partial charge in [0.1, 0.15) is 5.75 Å². The standard InChI is InChI=1S/C19H22N2O4/c1-3-25-17-10-8-16(9-11-17)21-18(22)12-13-20-15-6-4-14(5-7-15)19(23)24-2/h4-11,20H,3,12-13H2,1-2H3,(H,21,22). The van der Waals surface area contributed by atoms with Gasteiger partial charge < -0.3 is 20.1 Å². The van der Waals surface area contributed by atoms with Gasteiger partial charge in [-0.25, -0.2) is 4.79 Å². The molecule has 2 N–H and O–H groups in total. The fraction of sp³-hybridized carbons (Fsp3) is 0.263. The van der Waals surface area contributed by atoms with E-state index in [0.717, 1.165) is 17.1 Å². The van der Waals surface area contributed by atoms with Gasteiger partial charge >= 0.3 is 5.97 Å². The van der Waals surface area contributed by atoms with Crippen molar-refractivity contribution >= 4 is 23.3 Å². The maximum atomic E-state index is 12.0. The molecule has 0 saturated heterocycles. The third-order valence-corrected chi connectivity index (χ3v) is 3.44. The van der Waals surface area contributed by atoms with Crippen LogP contribution < -0.4 is 15.4 Å². The Balaban J connectivity index is 1.75. The van der Waals surface area contributed by atoms with Crippen molar-refractivity contribution in [1.29, 1.82) is 0 Å². The van der Waals surface area contributed by atoms with Crippen LogP contribution >= 0.6 is 0 Å². The molecule has 0 saturated carbocycles. The Kier molecular flexibility index (Phi) is 6.83. The van der Waals surface area contributed by atoms with Crippen LogP contribution in [0.25, 0.3) is 0 Å². The number of hydrogen-bond acceptors (Lipinski definition) is 5. The summed E-state index contributed by atoms with van der Waals surface area (Å²) in [7, 11) is 1.34. The number of amides is 1. The second-order valence-electron chi connectivity index (χ2n) is 5.25. The molecule has 0 fully saturated rings. The quantitative estimate of drug-likeness (QED) is 0.720. The smallest absolute Gasteiger partial charge is 0.337 e. The van der Waals surface area contributed by atoms with E-state index < -0.39 is 0 Å². The molecule has 6 heteroatoms. The first-order chi connectivity index (χ1) is 12.1. The number of hydrogen-bond donors (Lipinski definition) is 2. The molecule has 0 aliphatic heterocycles. The Labute approximate surface area is 147 Å². The van der Waals surface area contributed by atoms with E-state index >= 15 is 0 Å². The van der Waals surface area contributed by atoms with Crippen molar-refractivity contribution in [2.75, 3.05) is 30.9 Å². The summed E-state index contributed by atoms with van der Waals surface area (Å²) in [6.07, 6.45) is 0.325. The van der Waals surface area contributed by atoms with E-state index in [9.17, 15) is 9.59 Å². The molecule has 0 heterocycles. The lowest BCUT2D eigenvalue weighted by molar-refractivity contribution is -0.115. The second kappa shape index (κ2) is 9.32. The fourth-order valence-corrected chi connectivity index (χ4v) is 2.19. The Morgan fingerprint density at radius 3 is 2.20 bits per heavy atom. The van der Waals surface area contributed by atoms with Crippen LogP contribution in [0.15, 0.2) is 48.5 Å². The van der Waals surface area contributed by atoms with Crippen molar-refractivity contribution in [2.45, 2.75) is 13.3 Å². The van der Waals surface area contributed by atoms with Crippen LogP contribution in [0.3, 0.4) is 0 Å². The summed E-state index contributed by atoms with van der Waals surface area (Å²) in [5.41, 5.74) is 2.05. The summed E-state index contributed by atoms with van der Waals surface area (Å²) in [5.74, 6) is 0.321. The Hall–Kier alpha value is -3.02. The molecule has 2 aromatic carbocycles. The minimum Gasteiger partial charge on any atom is -0.494 e. The van der Waals surface area contributed by atoms with Crippen molar-refractivity contribution in [2.24, 2.45) is 0 Å². The lowest BCUT2D eigenvalue weighted by atomic mass is 10.2.